The predicted octanol–water partition coefficient (Wildman–Crippen LogP) is 3.98. The molecule has 144 valence electrons. The molecule has 1 N–H and O–H groups in total. The van der Waals surface area contributed by atoms with Crippen LogP contribution in [-0.4, -0.2) is 41.1 Å². The van der Waals surface area contributed by atoms with Crippen LogP contribution in [-0.2, 0) is 7.05 Å². The molecule has 0 aliphatic carbocycles. The number of benzene rings is 2. The van der Waals surface area contributed by atoms with E-state index in [0.29, 0.717) is 5.92 Å². The zero-order valence-electron chi connectivity index (χ0n) is 16.6. The van der Waals surface area contributed by atoms with Crippen molar-refractivity contribution in [2.24, 2.45) is 13.0 Å². The van der Waals surface area contributed by atoms with E-state index >= 15 is 0 Å². The average Bonchev–Trinajstić information content (AvgIpc) is 3.02. The second-order valence-electron chi connectivity index (χ2n) is 8.39. The number of rotatable bonds is 3. The number of amides is 1. The van der Waals surface area contributed by atoms with Crippen molar-refractivity contribution >= 4 is 16.8 Å². The minimum atomic E-state index is 0.0621. The number of nitrogens with zero attached hydrogens (tertiary/aromatic N) is 2. The number of carbonyl (C=O) groups is 1. The van der Waals surface area contributed by atoms with E-state index in [9.17, 15) is 4.79 Å². The number of para-hydroxylation sites is 1. The first-order chi connectivity index (χ1) is 13.6. The minimum absolute atomic E-state index is 0.0621. The fourth-order valence-corrected chi connectivity index (χ4v) is 5.12. The van der Waals surface area contributed by atoms with Crippen molar-refractivity contribution in [3.8, 4) is 11.3 Å². The van der Waals surface area contributed by atoms with Gasteiger partial charge in [0.1, 0.15) is 0 Å². The normalized spacial score (nSPS) is 23.9. The van der Waals surface area contributed by atoms with Crippen molar-refractivity contribution in [3.05, 3.63) is 59.7 Å². The van der Waals surface area contributed by atoms with Crippen molar-refractivity contribution < 1.29 is 4.79 Å². The smallest absolute Gasteiger partial charge is 0.254 e. The second kappa shape index (κ2) is 6.78. The third-order valence-corrected chi connectivity index (χ3v) is 6.60. The molecule has 2 aromatic carbocycles. The van der Waals surface area contributed by atoms with Gasteiger partial charge in [0, 0.05) is 30.5 Å². The summed E-state index contributed by atoms with van der Waals surface area (Å²) >= 11 is 0. The fraction of sp³-hybridized carbons (Fsp3) is 0.375. The molecule has 3 aliphatic heterocycles. The number of aryl methyl sites for hydroxylation is 2. The third-order valence-electron chi connectivity index (χ3n) is 6.60. The van der Waals surface area contributed by atoms with Crippen LogP contribution in [0.15, 0.2) is 48.5 Å². The first kappa shape index (κ1) is 17.5. The highest BCUT2D eigenvalue weighted by Gasteiger charge is 2.35. The summed E-state index contributed by atoms with van der Waals surface area (Å²) in [6.45, 7) is 5.44. The minimum Gasteiger partial charge on any atom is -0.348 e. The second-order valence-corrected chi connectivity index (χ2v) is 8.39. The van der Waals surface area contributed by atoms with Gasteiger partial charge in [-0.25, -0.2) is 0 Å². The highest BCUT2D eigenvalue weighted by atomic mass is 16.1. The average molecular weight is 374 g/mol. The molecule has 2 bridgehead atoms. The molecule has 1 amide bonds. The topological polar surface area (TPSA) is 37.3 Å². The lowest BCUT2D eigenvalue weighted by Gasteiger charge is -2.44. The number of aromatic nitrogens is 1. The molecular formula is C24H27N3O. The van der Waals surface area contributed by atoms with E-state index in [2.05, 4.69) is 65.2 Å². The van der Waals surface area contributed by atoms with Crippen LogP contribution >= 0.6 is 0 Å². The van der Waals surface area contributed by atoms with Crippen LogP contribution in [0.4, 0.5) is 0 Å². The molecule has 3 saturated heterocycles. The van der Waals surface area contributed by atoms with Gasteiger partial charge in [0.05, 0.1) is 11.3 Å². The largest absolute Gasteiger partial charge is 0.348 e. The van der Waals surface area contributed by atoms with Crippen LogP contribution in [0.1, 0.15) is 28.8 Å². The van der Waals surface area contributed by atoms with Gasteiger partial charge in [0.15, 0.2) is 0 Å². The molecule has 3 aliphatic rings. The van der Waals surface area contributed by atoms with Gasteiger partial charge >= 0.3 is 0 Å². The molecule has 1 unspecified atom stereocenters. The monoisotopic (exact) mass is 373 g/mol. The van der Waals surface area contributed by atoms with E-state index in [4.69, 9.17) is 0 Å². The van der Waals surface area contributed by atoms with Gasteiger partial charge in [0.2, 0.25) is 0 Å². The molecule has 4 heteroatoms. The lowest BCUT2D eigenvalue weighted by Crippen LogP contribution is -2.57. The van der Waals surface area contributed by atoms with Crippen LogP contribution in [0.2, 0.25) is 0 Å². The third kappa shape index (κ3) is 2.83. The lowest BCUT2D eigenvalue weighted by molar-refractivity contribution is 0.0621. The molecule has 3 aromatic rings. The Kier molecular flexibility index (Phi) is 4.24. The Labute approximate surface area is 166 Å². The van der Waals surface area contributed by atoms with Gasteiger partial charge in [-0.2, -0.15) is 0 Å². The number of carbonyl (C=O) groups excluding carboxylic acids is 1. The summed E-state index contributed by atoms with van der Waals surface area (Å²) in [6.07, 6.45) is 2.40. The summed E-state index contributed by atoms with van der Waals surface area (Å²) in [5.74, 6) is 0.679. The Bertz CT molecular complexity index is 1040. The van der Waals surface area contributed by atoms with Crippen LogP contribution in [0.3, 0.4) is 0 Å². The summed E-state index contributed by atoms with van der Waals surface area (Å²) in [4.78, 5) is 16.0. The van der Waals surface area contributed by atoms with Gasteiger partial charge in [-0.05, 0) is 56.5 Å². The quantitative estimate of drug-likeness (QED) is 0.754. The lowest BCUT2D eigenvalue weighted by atomic mass is 9.84. The van der Waals surface area contributed by atoms with Gasteiger partial charge in [-0.3, -0.25) is 4.79 Å². The number of hydrogen-bond acceptors (Lipinski definition) is 2. The van der Waals surface area contributed by atoms with Crippen molar-refractivity contribution in [1.82, 2.24) is 14.8 Å². The molecule has 3 fully saturated rings. The Balaban J connectivity index is 1.59. The molecule has 6 rings (SSSR count). The van der Waals surface area contributed by atoms with Crippen molar-refractivity contribution in [2.45, 2.75) is 25.8 Å². The van der Waals surface area contributed by atoms with E-state index in [0.717, 1.165) is 34.3 Å². The number of fused-ring (bicyclic) bond motifs is 4. The molecule has 28 heavy (non-hydrogen) atoms. The van der Waals surface area contributed by atoms with E-state index in [1.165, 1.54) is 31.5 Å². The standard InChI is InChI=1S/C24H27N3O/c1-16-6-5-7-18(14-16)23-22(19-8-3-4-9-21(19)26(23)2)24(28)25-20-15-27-12-10-17(20)11-13-27/h3-9,14,17,20H,10-13,15H2,1-2H3,(H,25,28). The van der Waals surface area contributed by atoms with Crippen molar-refractivity contribution in [1.29, 1.82) is 0 Å². The van der Waals surface area contributed by atoms with E-state index in [1.807, 2.05) is 12.1 Å². The molecule has 4 nitrogen and oxygen atoms in total. The molecule has 0 radical (unpaired) electrons. The summed E-state index contributed by atoms with van der Waals surface area (Å²) in [5.41, 5.74) is 5.20. The predicted molar refractivity (Wildman–Crippen MR) is 114 cm³/mol. The highest BCUT2D eigenvalue weighted by molar-refractivity contribution is 6.12. The maximum Gasteiger partial charge on any atom is 0.254 e. The first-order valence-electron chi connectivity index (χ1n) is 10.3. The number of piperidine rings is 3. The zero-order chi connectivity index (χ0) is 19.3. The van der Waals surface area contributed by atoms with Crippen LogP contribution in [0.25, 0.3) is 22.2 Å². The Morgan fingerprint density at radius 1 is 1.07 bits per heavy atom. The van der Waals surface area contributed by atoms with Crippen LogP contribution in [0.5, 0.6) is 0 Å². The van der Waals surface area contributed by atoms with Gasteiger partial charge in [-0.1, -0.05) is 42.0 Å². The van der Waals surface area contributed by atoms with Crippen LogP contribution < -0.4 is 5.32 Å². The highest BCUT2D eigenvalue weighted by Crippen LogP contribution is 2.34. The van der Waals surface area contributed by atoms with Crippen LogP contribution in [0, 0.1) is 12.8 Å². The fourth-order valence-electron chi connectivity index (χ4n) is 5.12. The van der Waals surface area contributed by atoms with E-state index < -0.39 is 0 Å². The van der Waals surface area contributed by atoms with Gasteiger partial charge in [-0.15, -0.1) is 0 Å². The number of nitrogens with one attached hydrogen (secondary N) is 1. The molecular weight excluding hydrogens is 346 g/mol. The van der Waals surface area contributed by atoms with Crippen molar-refractivity contribution in [2.75, 3.05) is 19.6 Å². The maximum absolute atomic E-state index is 13.6. The summed E-state index contributed by atoms with van der Waals surface area (Å²) < 4.78 is 2.16. The molecule has 1 atom stereocenters. The first-order valence-corrected chi connectivity index (χ1v) is 10.3. The number of hydrogen-bond donors (Lipinski definition) is 1. The summed E-state index contributed by atoms with van der Waals surface area (Å²) in [7, 11) is 2.06. The van der Waals surface area contributed by atoms with Gasteiger partial charge in [0.25, 0.3) is 5.91 Å². The molecule has 4 heterocycles. The SMILES string of the molecule is Cc1cccc(-c2c(C(=O)NC3CN4CCC3CC4)c3ccccc3n2C)c1. The molecule has 1 aromatic heterocycles. The Morgan fingerprint density at radius 2 is 1.86 bits per heavy atom. The van der Waals surface area contributed by atoms with E-state index in [1.54, 1.807) is 0 Å². The summed E-state index contributed by atoms with van der Waals surface area (Å²) in [5, 5.41) is 4.43. The summed E-state index contributed by atoms with van der Waals surface area (Å²) in [6, 6.07) is 16.9. The van der Waals surface area contributed by atoms with Crippen molar-refractivity contribution in [3.63, 3.8) is 0 Å². The molecule has 0 saturated carbocycles. The van der Waals surface area contributed by atoms with E-state index in [-0.39, 0.29) is 11.9 Å². The Hall–Kier alpha value is -2.59. The zero-order valence-corrected chi connectivity index (χ0v) is 16.6. The van der Waals surface area contributed by atoms with Gasteiger partial charge < -0.3 is 14.8 Å². The maximum atomic E-state index is 13.6. The Morgan fingerprint density at radius 3 is 2.57 bits per heavy atom. The molecule has 0 spiro atoms.